The minimum Gasteiger partial charge on any atom is -0.487 e. The van der Waals surface area contributed by atoms with E-state index >= 15 is 0 Å². The van der Waals surface area contributed by atoms with E-state index in [2.05, 4.69) is 89.0 Å². The van der Waals surface area contributed by atoms with Gasteiger partial charge in [0.25, 0.3) is 0 Å². The zero-order valence-electron chi connectivity index (χ0n) is 12.4. The van der Waals surface area contributed by atoms with E-state index in [-0.39, 0.29) is 10.4 Å². The van der Waals surface area contributed by atoms with E-state index in [1.807, 2.05) is 0 Å². The van der Waals surface area contributed by atoms with Crippen molar-refractivity contribution in [3.05, 3.63) is 63.1 Å². The van der Waals surface area contributed by atoms with Crippen molar-refractivity contribution in [2.75, 3.05) is 0 Å². The number of rotatable bonds is 2. The highest BCUT2D eigenvalue weighted by Crippen LogP contribution is 2.39. The number of hydrogen-bond donors (Lipinski definition) is 0. The van der Waals surface area contributed by atoms with Crippen molar-refractivity contribution in [2.45, 2.75) is 37.6 Å². The zero-order chi connectivity index (χ0) is 15.2. The van der Waals surface area contributed by atoms with Crippen LogP contribution in [0.15, 0.2) is 40.9 Å². The molecule has 0 amide bonds. The number of benzene rings is 2. The van der Waals surface area contributed by atoms with Crippen molar-refractivity contribution >= 4 is 31.9 Å². The van der Waals surface area contributed by atoms with E-state index in [1.54, 1.807) is 0 Å². The number of aryl methyl sites for hydroxylation is 1. The second-order valence-electron chi connectivity index (χ2n) is 6.28. The number of hydrogen-bond acceptors (Lipinski definition) is 1. The molecule has 0 radical (unpaired) electrons. The third-order valence-electron chi connectivity index (χ3n) is 3.85. The quantitative estimate of drug-likeness (QED) is 0.556. The normalized spacial score (nSPS) is 17.2. The van der Waals surface area contributed by atoms with Gasteiger partial charge in [0.05, 0.1) is 4.83 Å². The van der Waals surface area contributed by atoms with Crippen LogP contribution in [0.3, 0.4) is 0 Å². The molecule has 2 aromatic rings. The topological polar surface area (TPSA) is 9.23 Å². The lowest BCUT2D eigenvalue weighted by Crippen LogP contribution is -2.24. The van der Waals surface area contributed by atoms with Gasteiger partial charge in [-0.25, -0.2) is 0 Å². The molecule has 1 aliphatic rings. The summed E-state index contributed by atoms with van der Waals surface area (Å²) in [6.45, 7) is 6.39. The van der Waals surface area contributed by atoms with E-state index in [9.17, 15) is 0 Å². The highest BCUT2D eigenvalue weighted by Gasteiger charge is 2.30. The highest BCUT2D eigenvalue weighted by atomic mass is 79.9. The second-order valence-corrected chi connectivity index (χ2v) is 8.05. The van der Waals surface area contributed by atoms with Gasteiger partial charge in [-0.05, 0) is 55.2 Å². The fourth-order valence-electron chi connectivity index (χ4n) is 2.81. The van der Waals surface area contributed by atoms with Crippen molar-refractivity contribution in [3.8, 4) is 5.75 Å². The van der Waals surface area contributed by atoms with Crippen LogP contribution < -0.4 is 4.74 Å². The first-order chi connectivity index (χ1) is 9.85. The zero-order valence-corrected chi connectivity index (χ0v) is 15.6. The van der Waals surface area contributed by atoms with Crippen molar-refractivity contribution in [3.63, 3.8) is 0 Å². The smallest absolute Gasteiger partial charge is 0.123 e. The molecule has 0 bridgehead atoms. The van der Waals surface area contributed by atoms with Gasteiger partial charge in [0.15, 0.2) is 0 Å². The summed E-state index contributed by atoms with van der Waals surface area (Å²) in [5.41, 5.74) is 5.01. The minimum absolute atomic E-state index is 0.0863. The Hall–Kier alpha value is -0.800. The van der Waals surface area contributed by atoms with Crippen LogP contribution in [0.4, 0.5) is 0 Å². The molecule has 1 unspecified atom stereocenters. The van der Waals surface area contributed by atoms with Gasteiger partial charge in [0.1, 0.15) is 11.4 Å². The van der Waals surface area contributed by atoms with Crippen molar-refractivity contribution in [1.82, 2.24) is 0 Å². The number of fused-ring (bicyclic) bond motifs is 1. The highest BCUT2D eigenvalue weighted by molar-refractivity contribution is 9.10. The van der Waals surface area contributed by atoms with Crippen LogP contribution in [0.25, 0.3) is 0 Å². The lowest BCUT2D eigenvalue weighted by Gasteiger charge is -2.16. The molecular weight excluding hydrogens is 392 g/mol. The Morgan fingerprint density at radius 2 is 1.76 bits per heavy atom. The van der Waals surface area contributed by atoms with E-state index < -0.39 is 0 Å². The Labute approximate surface area is 143 Å². The van der Waals surface area contributed by atoms with E-state index in [4.69, 9.17) is 4.74 Å². The molecule has 0 N–H and O–H groups in total. The van der Waals surface area contributed by atoms with Crippen molar-refractivity contribution in [1.29, 1.82) is 0 Å². The molecule has 0 aromatic heterocycles. The SMILES string of the molecule is Cc1cc(C(Br)c2ccc3c(c2)CC(C)(C)O3)ccc1Br. The van der Waals surface area contributed by atoms with Gasteiger partial charge in [0.2, 0.25) is 0 Å². The molecular formula is C18H18Br2O. The van der Waals surface area contributed by atoms with Gasteiger partial charge in [0, 0.05) is 10.9 Å². The summed E-state index contributed by atoms with van der Waals surface area (Å²) in [5.74, 6) is 1.02. The Morgan fingerprint density at radius 1 is 1.10 bits per heavy atom. The summed E-state index contributed by atoms with van der Waals surface area (Å²) in [7, 11) is 0. The van der Waals surface area contributed by atoms with Gasteiger partial charge in [-0.15, -0.1) is 0 Å². The summed E-state index contributed by atoms with van der Waals surface area (Å²) in [6.07, 6.45) is 0.968. The third kappa shape index (κ3) is 3.04. The molecule has 21 heavy (non-hydrogen) atoms. The lowest BCUT2D eigenvalue weighted by molar-refractivity contribution is 0.138. The molecule has 0 spiro atoms. The summed E-state index contributed by atoms with van der Waals surface area (Å²) >= 11 is 7.39. The minimum atomic E-state index is -0.0863. The molecule has 1 aliphatic heterocycles. The molecule has 2 aromatic carbocycles. The van der Waals surface area contributed by atoms with Gasteiger partial charge < -0.3 is 4.74 Å². The Kier molecular flexibility index (Phi) is 3.91. The third-order valence-corrected chi connectivity index (χ3v) is 5.80. The average Bonchev–Trinajstić information content (AvgIpc) is 2.73. The first kappa shape index (κ1) is 15.1. The summed E-state index contributed by atoms with van der Waals surface area (Å²) < 4.78 is 7.10. The Bertz CT molecular complexity index is 692. The van der Waals surface area contributed by atoms with Crippen LogP contribution in [0.1, 0.15) is 40.9 Å². The predicted molar refractivity (Wildman–Crippen MR) is 94.5 cm³/mol. The molecule has 110 valence electrons. The molecule has 0 saturated heterocycles. The first-order valence-electron chi connectivity index (χ1n) is 7.08. The monoisotopic (exact) mass is 408 g/mol. The van der Waals surface area contributed by atoms with Gasteiger partial charge in [-0.3, -0.25) is 0 Å². The number of alkyl halides is 1. The Balaban J connectivity index is 1.93. The van der Waals surface area contributed by atoms with E-state index in [0.717, 1.165) is 16.6 Å². The van der Waals surface area contributed by atoms with Crippen molar-refractivity contribution in [2.24, 2.45) is 0 Å². The molecule has 3 heteroatoms. The maximum Gasteiger partial charge on any atom is 0.123 e. The van der Waals surface area contributed by atoms with Gasteiger partial charge in [-0.1, -0.05) is 56.1 Å². The Morgan fingerprint density at radius 3 is 2.48 bits per heavy atom. The van der Waals surface area contributed by atoms with Crippen LogP contribution in [0.5, 0.6) is 5.75 Å². The number of halogens is 2. The molecule has 0 saturated carbocycles. The van der Waals surface area contributed by atoms with Crippen LogP contribution in [0.2, 0.25) is 0 Å². The fourth-order valence-corrected chi connectivity index (χ4v) is 3.62. The van der Waals surface area contributed by atoms with Gasteiger partial charge in [-0.2, -0.15) is 0 Å². The first-order valence-corrected chi connectivity index (χ1v) is 8.78. The van der Waals surface area contributed by atoms with E-state index in [0.29, 0.717) is 0 Å². The molecule has 1 heterocycles. The van der Waals surface area contributed by atoms with Crippen molar-refractivity contribution < 1.29 is 4.74 Å². The molecule has 1 nitrogen and oxygen atoms in total. The molecule has 1 atom stereocenters. The lowest BCUT2D eigenvalue weighted by atomic mass is 9.97. The van der Waals surface area contributed by atoms with Crippen LogP contribution in [-0.2, 0) is 6.42 Å². The summed E-state index contributed by atoms with van der Waals surface area (Å²) in [5, 5.41) is 0. The van der Waals surface area contributed by atoms with E-state index in [1.165, 1.54) is 22.3 Å². The van der Waals surface area contributed by atoms with Crippen LogP contribution >= 0.6 is 31.9 Å². The second kappa shape index (κ2) is 5.44. The largest absolute Gasteiger partial charge is 0.487 e. The van der Waals surface area contributed by atoms with Gasteiger partial charge >= 0.3 is 0 Å². The maximum absolute atomic E-state index is 5.95. The van der Waals surface area contributed by atoms with Crippen LogP contribution in [0, 0.1) is 6.92 Å². The number of ether oxygens (including phenoxy) is 1. The average molecular weight is 410 g/mol. The predicted octanol–water partition coefficient (Wildman–Crippen LogP) is 5.96. The molecule has 0 fully saturated rings. The summed E-state index contributed by atoms with van der Waals surface area (Å²) in [4.78, 5) is 0.207. The summed E-state index contributed by atoms with van der Waals surface area (Å²) in [6, 6.07) is 13.0. The molecule has 0 aliphatic carbocycles. The maximum atomic E-state index is 5.95. The fraction of sp³-hybridized carbons (Fsp3) is 0.333. The van der Waals surface area contributed by atoms with Crippen LogP contribution in [-0.4, -0.2) is 5.60 Å². The standard InChI is InChI=1S/C18H18Br2O/c1-11-8-12(4-6-15(11)19)17(20)13-5-7-16-14(9-13)10-18(2,3)21-16/h4-9,17H,10H2,1-3H3. The molecule has 3 rings (SSSR count).